The Bertz CT molecular complexity index is 29.5. The van der Waals surface area contributed by atoms with Crippen molar-refractivity contribution in [3.05, 3.63) is 0 Å². The van der Waals surface area contributed by atoms with Crippen LogP contribution in [0.4, 0.5) is 0 Å². The van der Waals surface area contributed by atoms with Crippen LogP contribution in [0.3, 0.4) is 0 Å². The topological polar surface area (TPSA) is 44.0 Å². The van der Waals surface area contributed by atoms with Crippen molar-refractivity contribution in [2.75, 3.05) is 0 Å². The van der Waals surface area contributed by atoms with E-state index < -0.39 is 0 Å². The molecule has 1 N–H and O–H groups in total. The molecule has 4 heavy (non-hydrogen) atoms. The Kier molecular flexibility index (Phi) is 20.1. The molecule has 0 aliphatic carbocycles. The van der Waals surface area contributed by atoms with Gasteiger partial charge in [0.2, 0.25) is 0 Å². The Labute approximate surface area is 66.8 Å². The number of hydrogen-bond acceptors (Lipinski definition) is 2. The Morgan fingerprint density at radius 1 is 1.75 bits per heavy atom. The van der Waals surface area contributed by atoms with E-state index in [9.17, 15) is 0 Å². The number of aliphatic hydroxyl groups excluding tert-OH is 1. The fraction of sp³-hybridized carbons (Fsp3) is 0. The molecule has 0 spiro atoms. The SMILES string of the molecule is N#CO.[K+]. The van der Waals surface area contributed by atoms with Crippen molar-refractivity contribution in [1.82, 2.24) is 0 Å². The van der Waals surface area contributed by atoms with Crippen LogP contribution in [0.15, 0.2) is 0 Å². The maximum absolute atomic E-state index is 6.88. The molecular formula is CHKNO+. The monoisotopic (exact) mass is 82.0 g/mol. The number of rotatable bonds is 0. The fourth-order valence-electron chi connectivity index (χ4n) is 0. The zero-order valence-corrected chi connectivity index (χ0v) is 5.52. The first-order chi connectivity index (χ1) is 1.41. The fourth-order valence-corrected chi connectivity index (χ4v) is 0. The van der Waals surface area contributed by atoms with Gasteiger partial charge in [-0.3, -0.25) is 0 Å². The molecule has 0 aromatic carbocycles. The molecule has 16 valence electrons. The molecule has 3 heteroatoms. The molecule has 0 aromatic rings. The first kappa shape index (κ1) is 8.87. The van der Waals surface area contributed by atoms with Gasteiger partial charge in [-0.05, 0) is 0 Å². The van der Waals surface area contributed by atoms with Gasteiger partial charge in [0, 0.05) is 0 Å². The summed E-state index contributed by atoms with van der Waals surface area (Å²) in [6.45, 7) is 0. The summed E-state index contributed by atoms with van der Waals surface area (Å²) in [6.07, 6.45) is 0.750. The van der Waals surface area contributed by atoms with E-state index in [-0.39, 0.29) is 51.4 Å². The normalized spacial score (nSPS) is 1.75. The summed E-state index contributed by atoms with van der Waals surface area (Å²) in [5, 5.41) is 13.8. The van der Waals surface area contributed by atoms with Crippen LogP contribution in [0.1, 0.15) is 0 Å². The van der Waals surface area contributed by atoms with Gasteiger partial charge >= 0.3 is 51.4 Å². The molecule has 0 bridgehead atoms. The molecule has 0 heterocycles. The third kappa shape index (κ3) is 12.7. The minimum atomic E-state index is 0. The van der Waals surface area contributed by atoms with Gasteiger partial charge in [-0.25, -0.2) is 0 Å². The number of nitrogens with zero attached hydrogens (tertiary/aromatic N) is 1. The van der Waals surface area contributed by atoms with Gasteiger partial charge in [-0.1, -0.05) is 0 Å². The van der Waals surface area contributed by atoms with Crippen LogP contribution in [0, 0.1) is 11.5 Å². The van der Waals surface area contributed by atoms with Crippen LogP contribution < -0.4 is 51.4 Å². The Morgan fingerprint density at radius 3 is 1.75 bits per heavy atom. The third-order valence-electron chi connectivity index (χ3n) is 0. The second-order valence-corrected chi connectivity index (χ2v) is 0.100. The summed E-state index contributed by atoms with van der Waals surface area (Å²) < 4.78 is 0. The van der Waals surface area contributed by atoms with E-state index in [0.717, 1.165) is 6.26 Å². The van der Waals surface area contributed by atoms with E-state index in [1.807, 2.05) is 0 Å². The number of hydrogen-bond donors (Lipinski definition) is 1. The van der Waals surface area contributed by atoms with Crippen LogP contribution >= 0.6 is 0 Å². The minimum Gasteiger partial charge on any atom is -0.443 e. The maximum Gasteiger partial charge on any atom is 1.00 e. The molecule has 0 amide bonds. The molecule has 0 aliphatic rings. The second-order valence-electron chi connectivity index (χ2n) is 0.100. The van der Waals surface area contributed by atoms with Crippen LogP contribution in [0.2, 0.25) is 0 Å². The Morgan fingerprint density at radius 2 is 1.75 bits per heavy atom. The van der Waals surface area contributed by atoms with E-state index in [4.69, 9.17) is 10.4 Å². The van der Waals surface area contributed by atoms with E-state index in [1.54, 1.807) is 0 Å². The summed E-state index contributed by atoms with van der Waals surface area (Å²) in [7, 11) is 0. The van der Waals surface area contributed by atoms with Crippen LogP contribution in [-0.2, 0) is 0 Å². The average molecular weight is 82.1 g/mol. The summed E-state index contributed by atoms with van der Waals surface area (Å²) in [5.74, 6) is 0. The molecule has 0 saturated heterocycles. The van der Waals surface area contributed by atoms with E-state index in [1.165, 1.54) is 0 Å². The first-order valence-electron chi connectivity index (χ1n) is 0.447. The molecule has 0 aliphatic heterocycles. The van der Waals surface area contributed by atoms with Crippen molar-refractivity contribution in [2.45, 2.75) is 0 Å². The van der Waals surface area contributed by atoms with Crippen molar-refractivity contribution in [3.63, 3.8) is 0 Å². The molecule has 2 nitrogen and oxygen atoms in total. The molecule has 0 aromatic heterocycles. The van der Waals surface area contributed by atoms with Gasteiger partial charge < -0.3 is 5.11 Å². The Hall–Kier alpha value is 0.926. The van der Waals surface area contributed by atoms with Crippen molar-refractivity contribution >= 4 is 0 Å². The van der Waals surface area contributed by atoms with Crippen LogP contribution in [-0.4, -0.2) is 5.11 Å². The van der Waals surface area contributed by atoms with Gasteiger partial charge in [0.25, 0.3) is 6.26 Å². The van der Waals surface area contributed by atoms with Gasteiger partial charge in [0.15, 0.2) is 0 Å². The van der Waals surface area contributed by atoms with Crippen LogP contribution in [0.5, 0.6) is 0 Å². The summed E-state index contributed by atoms with van der Waals surface area (Å²) in [6, 6.07) is 0. The smallest absolute Gasteiger partial charge is 0.443 e. The van der Waals surface area contributed by atoms with Crippen molar-refractivity contribution in [1.29, 1.82) is 5.26 Å². The van der Waals surface area contributed by atoms with Gasteiger partial charge in [0.05, 0.1) is 0 Å². The van der Waals surface area contributed by atoms with Gasteiger partial charge in [0.1, 0.15) is 0 Å². The van der Waals surface area contributed by atoms with E-state index >= 15 is 0 Å². The maximum atomic E-state index is 6.88. The molecule has 0 rings (SSSR count). The zero-order chi connectivity index (χ0) is 2.71. The van der Waals surface area contributed by atoms with Crippen molar-refractivity contribution in [3.8, 4) is 6.26 Å². The third-order valence-corrected chi connectivity index (χ3v) is 0. The predicted molar refractivity (Wildman–Crippen MR) is 7.55 cm³/mol. The standard InChI is InChI=1S/CHNO.K/c2-1-3;/h3H;/q;+1. The van der Waals surface area contributed by atoms with Crippen molar-refractivity contribution in [2.24, 2.45) is 0 Å². The van der Waals surface area contributed by atoms with E-state index in [2.05, 4.69) is 0 Å². The molecule has 0 saturated carbocycles. The second kappa shape index (κ2) is 9.06. The molecule has 0 radical (unpaired) electrons. The first-order valence-corrected chi connectivity index (χ1v) is 0.447. The zero-order valence-electron chi connectivity index (χ0n) is 2.39. The Balaban J connectivity index is 0. The molecule has 0 fully saturated rings. The van der Waals surface area contributed by atoms with E-state index in [0.29, 0.717) is 0 Å². The quantitative estimate of drug-likeness (QED) is 0.248. The average Bonchev–Trinajstić information content (AvgIpc) is 0.918. The number of nitriles is 1. The van der Waals surface area contributed by atoms with Gasteiger partial charge in [-0.2, -0.15) is 5.26 Å². The molecule has 0 atom stereocenters. The predicted octanol–water partition coefficient (Wildman–Crippen LogP) is -3.16. The number of aliphatic hydroxyl groups is 1. The largest absolute Gasteiger partial charge is 1.00 e. The van der Waals surface area contributed by atoms with Crippen molar-refractivity contribution < 1.29 is 56.5 Å². The molecule has 0 unspecified atom stereocenters. The summed E-state index contributed by atoms with van der Waals surface area (Å²) in [5.41, 5.74) is 0. The summed E-state index contributed by atoms with van der Waals surface area (Å²) in [4.78, 5) is 0. The summed E-state index contributed by atoms with van der Waals surface area (Å²) >= 11 is 0. The van der Waals surface area contributed by atoms with Gasteiger partial charge in [-0.15, -0.1) is 0 Å². The molecular weight excluding hydrogens is 81.1 g/mol. The minimum absolute atomic E-state index is 0. The van der Waals surface area contributed by atoms with Crippen LogP contribution in [0.25, 0.3) is 0 Å².